The van der Waals surface area contributed by atoms with Gasteiger partial charge in [-0.15, -0.1) is 0 Å². The molecule has 0 radical (unpaired) electrons. The number of hydrogen-bond acceptors (Lipinski definition) is 7. The number of carbonyl (C=O) groups is 2. The van der Waals surface area contributed by atoms with Crippen LogP contribution in [0.2, 0.25) is 0 Å². The summed E-state index contributed by atoms with van der Waals surface area (Å²) in [5, 5.41) is 7.05. The van der Waals surface area contributed by atoms with Crippen LogP contribution in [0.25, 0.3) is 11.1 Å². The molecule has 1 saturated heterocycles. The van der Waals surface area contributed by atoms with E-state index >= 15 is 0 Å². The first-order valence-corrected chi connectivity index (χ1v) is 15.1. The highest BCUT2D eigenvalue weighted by Crippen LogP contribution is 2.34. The lowest BCUT2D eigenvalue weighted by Gasteiger charge is -2.26. The fourth-order valence-electron chi connectivity index (χ4n) is 4.56. The van der Waals surface area contributed by atoms with Crippen LogP contribution in [0.3, 0.4) is 0 Å². The van der Waals surface area contributed by atoms with Gasteiger partial charge in [-0.25, -0.2) is 18.0 Å². The summed E-state index contributed by atoms with van der Waals surface area (Å²) in [7, 11) is -1.38. The lowest BCUT2D eigenvalue weighted by atomic mass is 9.99. The van der Waals surface area contributed by atoms with Gasteiger partial charge in [0.25, 0.3) is 11.8 Å². The van der Waals surface area contributed by atoms with E-state index in [0.717, 1.165) is 5.56 Å². The Morgan fingerprint density at radius 2 is 1.93 bits per heavy atom. The van der Waals surface area contributed by atoms with Crippen LogP contribution in [0.15, 0.2) is 52.1 Å². The molecule has 1 aliphatic heterocycles. The third kappa shape index (κ3) is 6.96. The van der Waals surface area contributed by atoms with Crippen molar-refractivity contribution in [3.8, 4) is 11.1 Å². The molecule has 4 rings (SSSR count). The van der Waals surface area contributed by atoms with E-state index in [1.807, 2.05) is 0 Å². The summed E-state index contributed by atoms with van der Waals surface area (Å²) >= 11 is 0. The Balaban J connectivity index is 1.74. The fourth-order valence-corrected chi connectivity index (χ4v) is 5.89. The summed E-state index contributed by atoms with van der Waals surface area (Å²) in [5.74, 6) is -3.68. The summed E-state index contributed by atoms with van der Waals surface area (Å²) in [6.07, 6.45) is 6.11. The molecule has 3 N–H and O–H groups in total. The zero-order chi connectivity index (χ0) is 30.2. The number of aryl methyl sites for hydroxylation is 1. The van der Waals surface area contributed by atoms with Crippen molar-refractivity contribution in [1.82, 2.24) is 14.8 Å². The normalized spacial score (nSPS) is 16.9. The molecule has 13 heteroatoms. The van der Waals surface area contributed by atoms with Crippen molar-refractivity contribution < 1.29 is 22.6 Å². The summed E-state index contributed by atoms with van der Waals surface area (Å²) in [5.41, 5.74) is 7.12. The number of nitrogens with zero attached hydrogens (tertiary/aromatic N) is 5. The molecule has 220 valence electrons. The van der Waals surface area contributed by atoms with Crippen molar-refractivity contribution in [3.05, 3.63) is 54.0 Å². The van der Waals surface area contributed by atoms with Crippen LogP contribution >= 0.6 is 0 Å². The number of benzene rings is 1. The van der Waals surface area contributed by atoms with Crippen molar-refractivity contribution in [2.75, 3.05) is 29.6 Å². The van der Waals surface area contributed by atoms with Crippen molar-refractivity contribution in [3.63, 3.8) is 0 Å². The average Bonchev–Trinajstić information content (AvgIpc) is 3.22. The van der Waals surface area contributed by atoms with Crippen LogP contribution in [0.5, 0.6) is 0 Å². The standard InChI is InChI=1S/C28H35F2N7O3S/c1-18-22(19-15-33-36(4)17-19)16-32-24(37-12-7-10-28(29,30)11-13-37)23(18)25(38)34-20-8-6-9-21(14-20)41(5,40)35-26(39)27(2,3)31/h6,8-9,14-17H,7,10-13,31H2,1-5H3,(H,34,38). The van der Waals surface area contributed by atoms with Gasteiger partial charge in [-0.2, -0.15) is 9.46 Å². The number of nitrogens with two attached hydrogens (primary N) is 1. The van der Waals surface area contributed by atoms with Gasteiger partial charge in [-0.05, 0) is 51.0 Å². The number of hydrogen-bond donors (Lipinski definition) is 2. The zero-order valence-electron chi connectivity index (χ0n) is 23.8. The van der Waals surface area contributed by atoms with Gasteiger partial charge in [0.1, 0.15) is 5.82 Å². The number of halogens is 2. The Morgan fingerprint density at radius 1 is 1.20 bits per heavy atom. The molecular formula is C28H35F2N7O3S. The van der Waals surface area contributed by atoms with Crippen molar-refractivity contribution in [2.24, 2.45) is 17.1 Å². The van der Waals surface area contributed by atoms with Gasteiger partial charge < -0.3 is 16.0 Å². The molecule has 10 nitrogen and oxygen atoms in total. The molecule has 1 aliphatic rings. The number of pyridine rings is 1. The topological polar surface area (TPSA) is 136 Å². The highest BCUT2D eigenvalue weighted by atomic mass is 32.2. The largest absolute Gasteiger partial charge is 0.356 e. The first-order chi connectivity index (χ1) is 19.1. The zero-order valence-corrected chi connectivity index (χ0v) is 24.6. The lowest BCUT2D eigenvalue weighted by Crippen LogP contribution is -2.40. The van der Waals surface area contributed by atoms with E-state index in [9.17, 15) is 22.6 Å². The van der Waals surface area contributed by atoms with Gasteiger partial charge in [0.2, 0.25) is 5.92 Å². The second-order valence-corrected chi connectivity index (χ2v) is 13.3. The summed E-state index contributed by atoms with van der Waals surface area (Å²) in [6.45, 7) is 5.11. The highest BCUT2D eigenvalue weighted by molar-refractivity contribution is 7.93. The number of aromatic nitrogens is 3. The van der Waals surface area contributed by atoms with Crippen molar-refractivity contribution in [2.45, 2.75) is 56.4 Å². The molecular weight excluding hydrogens is 552 g/mol. The predicted molar refractivity (Wildman–Crippen MR) is 155 cm³/mol. The van der Waals surface area contributed by atoms with E-state index in [2.05, 4.69) is 19.8 Å². The second-order valence-electron chi connectivity index (χ2n) is 11.0. The number of nitrogens with one attached hydrogen (secondary N) is 1. The molecule has 3 aromatic rings. The van der Waals surface area contributed by atoms with Gasteiger partial charge in [0.05, 0.1) is 27.0 Å². The predicted octanol–water partition coefficient (Wildman–Crippen LogP) is 4.39. The smallest absolute Gasteiger partial charge is 0.273 e. The molecule has 1 unspecified atom stereocenters. The van der Waals surface area contributed by atoms with E-state index in [1.54, 1.807) is 60.3 Å². The van der Waals surface area contributed by atoms with Crippen LogP contribution < -0.4 is 16.0 Å². The molecule has 41 heavy (non-hydrogen) atoms. The molecule has 1 atom stereocenters. The molecule has 0 saturated carbocycles. The first-order valence-electron chi connectivity index (χ1n) is 13.2. The maximum Gasteiger partial charge on any atom is 0.273 e. The SMILES string of the molecule is Cc1c(-c2cnn(C)c2)cnc(N2CCCC(F)(F)CC2)c1C(=O)Nc1cccc(S(C)(=O)=NC(=O)C(C)(C)N)c1. The minimum atomic E-state index is -3.16. The van der Waals surface area contributed by atoms with Gasteiger partial charge in [-0.1, -0.05) is 6.07 Å². The Bertz CT molecular complexity index is 1600. The van der Waals surface area contributed by atoms with Gasteiger partial charge in [0, 0.05) is 73.3 Å². The van der Waals surface area contributed by atoms with Crippen LogP contribution in [0.4, 0.5) is 20.3 Å². The fraction of sp³-hybridized carbons (Fsp3) is 0.429. The Kier molecular flexibility index (Phi) is 8.33. The third-order valence-corrected chi connectivity index (χ3v) is 8.56. The molecule has 1 aromatic carbocycles. The first kappa shape index (κ1) is 30.3. The summed E-state index contributed by atoms with van der Waals surface area (Å²) in [4.78, 5) is 32.7. The Hall–Kier alpha value is -3.71. The number of alkyl halides is 2. The molecule has 0 aliphatic carbocycles. The van der Waals surface area contributed by atoms with Crippen LogP contribution in [-0.4, -0.2) is 61.6 Å². The van der Waals surface area contributed by atoms with Gasteiger partial charge >= 0.3 is 0 Å². The Labute approximate surface area is 238 Å². The van der Waals surface area contributed by atoms with E-state index in [0.29, 0.717) is 29.2 Å². The molecule has 1 fully saturated rings. The maximum atomic E-state index is 14.2. The van der Waals surface area contributed by atoms with E-state index in [1.165, 1.54) is 26.2 Å². The molecule has 2 aromatic heterocycles. The highest BCUT2D eigenvalue weighted by Gasteiger charge is 2.34. The molecule has 3 heterocycles. The van der Waals surface area contributed by atoms with E-state index in [4.69, 9.17) is 5.73 Å². The third-order valence-electron chi connectivity index (χ3n) is 6.92. The Morgan fingerprint density at radius 3 is 2.59 bits per heavy atom. The number of carbonyl (C=O) groups excluding carboxylic acids is 2. The van der Waals surface area contributed by atoms with Crippen molar-refractivity contribution in [1.29, 1.82) is 0 Å². The lowest BCUT2D eigenvalue weighted by molar-refractivity contribution is -0.121. The second kappa shape index (κ2) is 11.3. The van der Waals surface area contributed by atoms with Gasteiger partial charge in [-0.3, -0.25) is 14.3 Å². The average molecular weight is 588 g/mol. The monoisotopic (exact) mass is 587 g/mol. The minimum Gasteiger partial charge on any atom is -0.356 e. The molecule has 0 bridgehead atoms. The number of anilines is 2. The summed E-state index contributed by atoms with van der Waals surface area (Å²) in [6, 6.07) is 6.25. The van der Waals surface area contributed by atoms with E-state index in [-0.39, 0.29) is 36.3 Å². The quantitative estimate of drug-likeness (QED) is 0.437. The van der Waals surface area contributed by atoms with Crippen molar-refractivity contribution >= 4 is 33.0 Å². The van der Waals surface area contributed by atoms with Crippen LogP contribution in [-0.2, 0) is 21.6 Å². The summed E-state index contributed by atoms with van der Waals surface area (Å²) < 4.78 is 47.1. The van der Waals surface area contributed by atoms with E-state index < -0.39 is 33.0 Å². The molecule has 2 amide bonds. The van der Waals surface area contributed by atoms with Crippen LogP contribution in [0, 0.1) is 6.92 Å². The maximum absolute atomic E-state index is 14.2. The van der Waals surface area contributed by atoms with Gasteiger partial charge in [0.15, 0.2) is 0 Å². The number of amides is 2. The minimum absolute atomic E-state index is 0.0480. The van der Waals surface area contributed by atoms with Crippen LogP contribution in [0.1, 0.15) is 49.0 Å². The molecule has 0 spiro atoms. The number of rotatable bonds is 6.